The van der Waals surface area contributed by atoms with Gasteiger partial charge >= 0.3 is 5.97 Å². The molecule has 3 rings (SSSR count). The van der Waals surface area contributed by atoms with Crippen LogP contribution in [0.3, 0.4) is 0 Å². The zero-order chi connectivity index (χ0) is 63.8. The molecule has 3 heterocycles. The monoisotopic (exact) mass is 1250 g/mol. The fraction of sp³-hybridized carbons (Fsp3) is 0.908. The second kappa shape index (κ2) is 46.7. The summed E-state index contributed by atoms with van der Waals surface area (Å²) in [6.45, 7) is 1.10. The van der Waals surface area contributed by atoms with Gasteiger partial charge in [0.1, 0.15) is 73.2 Å². The Labute approximate surface area is 519 Å². The fourth-order valence-corrected chi connectivity index (χ4v) is 11.6. The van der Waals surface area contributed by atoms with Crippen molar-refractivity contribution in [2.75, 3.05) is 26.4 Å². The predicted molar refractivity (Wildman–Crippen MR) is 327 cm³/mol. The molecule has 510 valence electrons. The van der Waals surface area contributed by atoms with Gasteiger partial charge < -0.3 is 100 Å². The Hall–Kier alpha value is -2.30. The summed E-state index contributed by atoms with van der Waals surface area (Å²) in [5, 5.41) is 142. The fourth-order valence-electron chi connectivity index (χ4n) is 11.6. The Morgan fingerprint density at radius 3 is 1.48 bits per heavy atom. The molecule has 6 unspecified atom stereocenters. The van der Waals surface area contributed by atoms with E-state index in [0.29, 0.717) is 12.8 Å². The van der Waals surface area contributed by atoms with Crippen LogP contribution >= 0.6 is 0 Å². The lowest BCUT2D eigenvalue weighted by atomic mass is 9.90. The third-order valence-electron chi connectivity index (χ3n) is 17.2. The highest BCUT2D eigenvalue weighted by Gasteiger charge is 2.60. The number of hydrogen-bond donors (Lipinski definition) is 14. The molecule has 0 aromatic rings. The van der Waals surface area contributed by atoms with Crippen molar-refractivity contribution in [2.24, 2.45) is 0 Å². The molecule has 0 radical (unpaired) electrons. The average molecular weight is 1250 g/mol. The van der Waals surface area contributed by atoms with Crippen LogP contribution in [-0.2, 0) is 38.0 Å². The van der Waals surface area contributed by atoms with E-state index in [-0.39, 0.29) is 12.3 Å². The molecule has 3 aliphatic heterocycles. The molecule has 3 fully saturated rings. The number of ether oxygens (including phenoxy) is 6. The average Bonchev–Trinajstić information content (AvgIpc) is 1.99. The summed E-state index contributed by atoms with van der Waals surface area (Å²) in [7, 11) is 0. The van der Waals surface area contributed by atoms with Crippen molar-refractivity contribution in [1.29, 1.82) is 0 Å². The van der Waals surface area contributed by atoms with E-state index in [1.165, 1.54) is 154 Å². The second-order valence-electron chi connectivity index (χ2n) is 24.7. The van der Waals surface area contributed by atoms with E-state index < -0.39 is 149 Å². The maximum absolute atomic E-state index is 13.4. The molecule has 0 saturated carbocycles. The van der Waals surface area contributed by atoms with E-state index in [9.17, 15) is 76.0 Å². The summed E-state index contributed by atoms with van der Waals surface area (Å²) in [4.78, 5) is 26.2. The molecule has 0 spiro atoms. The Morgan fingerprint density at radius 2 is 1.01 bits per heavy atom. The highest BCUT2D eigenvalue weighted by atomic mass is 16.8. The summed E-state index contributed by atoms with van der Waals surface area (Å²) in [5.74, 6) is -5.38. The van der Waals surface area contributed by atoms with Crippen LogP contribution in [-0.4, -0.2) is 215 Å². The number of unbranched alkanes of at least 4 members (excludes halogenated alkanes) is 30. The van der Waals surface area contributed by atoms with Crippen LogP contribution in [0.1, 0.15) is 239 Å². The molecule has 18 atom stereocenters. The number of allylic oxidation sites excluding steroid dienone is 3. The largest absolute Gasteiger partial charge is 0.477 e. The highest BCUT2D eigenvalue weighted by molar-refractivity contribution is 5.76. The summed E-state index contributed by atoms with van der Waals surface area (Å²) < 4.78 is 34.3. The van der Waals surface area contributed by atoms with Gasteiger partial charge in [-0.2, -0.15) is 0 Å². The highest BCUT2D eigenvalue weighted by Crippen LogP contribution is 2.38. The second-order valence-corrected chi connectivity index (χ2v) is 24.7. The summed E-state index contributed by atoms with van der Waals surface area (Å²) >= 11 is 0. The Balaban J connectivity index is 1.54. The van der Waals surface area contributed by atoms with E-state index in [0.717, 1.165) is 44.9 Å². The van der Waals surface area contributed by atoms with E-state index in [1.807, 2.05) is 6.08 Å². The topological polar surface area (TPSA) is 365 Å². The number of carboxylic acids is 1. The molecule has 22 heteroatoms. The lowest BCUT2D eigenvalue weighted by molar-refractivity contribution is -0.390. The van der Waals surface area contributed by atoms with Crippen LogP contribution in [0, 0.1) is 0 Å². The number of amides is 1. The smallest absolute Gasteiger partial charge is 0.364 e. The zero-order valence-corrected chi connectivity index (χ0v) is 52.8. The van der Waals surface area contributed by atoms with Crippen LogP contribution < -0.4 is 5.32 Å². The van der Waals surface area contributed by atoms with E-state index in [1.54, 1.807) is 6.08 Å². The number of aliphatic carboxylic acids is 1. The first-order valence-corrected chi connectivity index (χ1v) is 33.7. The van der Waals surface area contributed by atoms with Crippen molar-refractivity contribution in [3.05, 3.63) is 24.3 Å². The van der Waals surface area contributed by atoms with Crippen LogP contribution in [0.5, 0.6) is 0 Å². The van der Waals surface area contributed by atoms with E-state index in [4.69, 9.17) is 28.4 Å². The summed E-state index contributed by atoms with van der Waals surface area (Å²) in [6, 6.07) is -1.03. The van der Waals surface area contributed by atoms with Gasteiger partial charge in [0.2, 0.25) is 5.91 Å². The minimum Gasteiger partial charge on any atom is -0.477 e. The van der Waals surface area contributed by atoms with Crippen molar-refractivity contribution < 1.29 is 104 Å². The van der Waals surface area contributed by atoms with Crippen molar-refractivity contribution in [3.63, 3.8) is 0 Å². The van der Waals surface area contributed by atoms with Gasteiger partial charge in [-0.05, 0) is 44.9 Å². The Morgan fingerprint density at radius 1 is 0.552 bits per heavy atom. The van der Waals surface area contributed by atoms with Crippen LogP contribution in [0.2, 0.25) is 0 Å². The van der Waals surface area contributed by atoms with Crippen LogP contribution in [0.4, 0.5) is 0 Å². The van der Waals surface area contributed by atoms with Crippen molar-refractivity contribution in [1.82, 2.24) is 5.32 Å². The van der Waals surface area contributed by atoms with Gasteiger partial charge in [0, 0.05) is 12.8 Å². The van der Waals surface area contributed by atoms with Gasteiger partial charge in [0.05, 0.1) is 44.7 Å². The molecule has 0 bridgehead atoms. The molecular weight excluding hydrogens is 1130 g/mol. The molecule has 14 N–H and O–H groups in total. The Kier molecular flexibility index (Phi) is 42.4. The minimum atomic E-state index is -3.08. The van der Waals surface area contributed by atoms with Crippen LogP contribution in [0.25, 0.3) is 0 Å². The molecule has 22 nitrogen and oxygen atoms in total. The van der Waals surface area contributed by atoms with Gasteiger partial charge in [0.25, 0.3) is 5.79 Å². The van der Waals surface area contributed by atoms with Gasteiger partial charge in [-0.25, -0.2) is 4.79 Å². The lowest BCUT2D eigenvalue weighted by Gasteiger charge is -2.50. The maximum atomic E-state index is 13.4. The van der Waals surface area contributed by atoms with Crippen molar-refractivity contribution >= 4 is 11.9 Å². The molecule has 1 amide bonds. The lowest BCUT2D eigenvalue weighted by Crippen LogP contribution is -2.69. The molecule has 87 heavy (non-hydrogen) atoms. The Bertz CT molecular complexity index is 1800. The molecule has 3 aliphatic rings. The van der Waals surface area contributed by atoms with Gasteiger partial charge in [0.15, 0.2) is 12.6 Å². The molecular formula is C65H119NO21. The number of carbonyl (C=O) groups is 2. The summed E-state index contributed by atoms with van der Waals surface area (Å²) in [6.07, 6.45) is 15.9. The molecule has 0 aromatic heterocycles. The third-order valence-corrected chi connectivity index (χ3v) is 17.2. The maximum Gasteiger partial charge on any atom is 0.364 e. The predicted octanol–water partition coefficient (Wildman–Crippen LogP) is 5.92. The number of aliphatic hydroxyl groups excluding tert-OH is 12. The standard InChI is InChI=1S/C65H119NO21/c1-3-5-7-9-11-13-15-17-18-19-20-21-22-23-24-25-26-28-30-32-34-36-38-40-52(73)66-46(47(70)39-37-35-33-31-29-27-16-14-12-10-8-6-4-2)45-82-62-57(78)56(77)59(51(44-69)84-62)85-63-58(79)61(55(76)50(43-68)83-63)87-65(64(80)81)41-48(71)53(74)60(86-65)54(75)49(72)42-67/h17-18,37,39,46-51,53-63,67-72,74-79H,3-16,19-36,38,40-45H2,1-2H3,(H,66,73)(H,80,81)/b18-17-,39-37+/t46-,47+,48?,49+,50?,51?,53+,54+,55-,56+,57?,58?,59+,60?,61-,62+,63-,65-/m0/s1. The van der Waals surface area contributed by atoms with Gasteiger partial charge in [-0.15, -0.1) is 0 Å². The minimum absolute atomic E-state index is 0.205. The normalized spacial score (nSPS) is 29.4. The first-order valence-electron chi connectivity index (χ1n) is 33.7. The first kappa shape index (κ1) is 78.9. The number of nitrogens with one attached hydrogen (secondary N) is 1. The quantitative estimate of drug-likeness (QED) is 0.0248. The number of carbonyl (C=O) groups excluding carboxylic acids is 1. The number of carboxylic acid groups (broad SMARTS) is 1. The number of rotatable bonds is 51. The SMILES string of the molecule is CCCCCCCC/C=C\CCCCCCCCCCCCCCCC(=O)N[C@@H](CO[C@@H]1OC(CO)[C@@H](O[C@@H]2OC(CO)[C@H](O)[C@H](O[C@]3(C(=O)O)CC(O)[C@@H](O)C([C@H](O)[C@H](O)CO)O3)C2O)[C@H](O)C1O)[C@H](O)/C=C/CCCCCCCCCCCCC. The molecule has 0 aromatic carbocycles. The van der Waals surface area contributed by atoms with Crippen LogP contribution in [0.15, 0.2) is 24.3 Å². The van der Waals surface area contributed by atoms with Gasteiger partial charge in [-0.1, -0.05) is 205 Å². The van der Waals surface area contributed by atoms with E-state index >= 15 is 0 Å². The molecule has 0 aliphatic carbocycles. The summed E-state index contributed by atoms with van der Waals surface area (Å²) in [5.41, 5.74) is 0. The van der Waals surface area contributed by atoms with Crippen molar-refractivity contribution in [3.8, 4) is 0 Å². The number of hydrogen-bond acceptors (Lipinski definition) is 20. The first-order chi connectivity index (χ1) is 42.0. The van der Waals surface area contributed by atoms with Crippen molar-refractivity contribution in [2.45, 2.75) is 348 Å². The number of aliphatic hydroxyl groups is 12. The molecule has 3 saturated heterocycles. The third kappa shape index (κ3) is 29.5. The zero-order valence-electron chi connectivity index (χ0n) is 52.8. The van der Waals surface area contributed by atoms with Gasteiger partial charge in [-0.3, -0.25) is 4.79 Å². The van der Waals surface area contributed by atoms with E-state index in [2.05, 4.69) is 31.3 Å².